The van der Waals surface area contributed by atoms with Crippen LogP contribution in [-0.4, -0.2) is 44.8 Å². The highest BCUT2D eigenvalue weighted by atomic mass is 35.5. The van der Waals surface area contributed by atoms with Gasteiger partial charge in [0.15, 0.2) is 0 Å². The summed E-state index contributed by atoms with van der Waals surface area (Å²) in [6, 6.07) is 20.1. The van der Waals surface area contributed by atoms with Crippen LogP contribution in [0.25, 0.3) is 0 Å². The summed E-state index contributed by atoms with van der Waals surface area (Å²) in [6.45, 7) is 5.86. The number of nitrogens with one attached hydrogen (secondary N) is 1. The van der Waals surface area contributed by atoms with Crippen molar-refractivity contribution in [2.24, 2.45) is 0 Å². The zero-order valence-electron chi connectivity index (χ0n) is 19.3. The molecule has 1 aliphatic heterocycles. The van der Waals surface area contributed by atoms with E-state index in [0.29, 0.717) is 26.2 Å². The smallest absolute Gasteiger partial charge is 0.257 e. The molecule has 3 aromatic carbocycles. The highest BCUT2D eigenvalue weighted by molar-refractivity contribution is 7.89. The van der Waals surface area contributed by atoms with E-state index in [9.17, 15) is 13.2 Å². The van der Waals surface area contributed by atoms with Crippen molar-refractivity contribution in [2.75, 3.05) is 36.4 Å². The number of benzene rings is 3. The van der Waals surface area contributed by atoms with Crippen molar-refractivity contribution in [1.29, 1.82) is 0 Å². The van der Waals surface area contributed by atoms with Crippen molar-refractivity contribution in [1.82, 2.24) is 4.31 Å². The normalized spacial score (nSPS) is 14.7. The molecule has 4 rings (SSSR count). The lowest BCUT2D eigenvalue weighted by Gasteiger charge is -2.35. The zero-order valence-corrected chi connectivity index (χ0v) is 20.9. The Morgan fingerprint density at radius 3 is 2.35 bits per heavy atom. The largest absolute Gasteiger partial charge is 0.369 e. The van der Waals surface area contributed by atoms with Gasteiger partial charge in [0.1, 0.15) is 0 Å². The van der Waals surface area contributed by atoms with Gasteiger partial charge in [-0.25, -0.2) is 8.42 Å². The number of anilines is 2. The Kier molecular flexibility index (Phi) is 7.26. The minimum absolute atomic E-state index is 0.0655. The van der Waals surface area contributed by atoms with Crippen LogP contribution in [0.15, 0.2) is 71.6 Å². The molecule has 1 fully saturated rings. The van der Waals surface area contributed by atoms with Gasteiger partial charge in [-0.3, -0.25) is 4.79 Å². The number of hydrogen-bond donors (Lipinski definition) is 1. The van der Waals surface area contributed by atoms with Crippen molar-refractivity contribution < 1.29 is 13.2 Å². The molecule has 178 valence electrons. The number of aryl methyl sites for hydroxylation is 2. The van der Waals surface area contributed by atoms with Crippen LogP contribution in [0.2, 0.25) is 5.02 Å². The van der Waals surface area contributed by atoms with Gasteiger partial charge in [-0.1, -0.05) is 54.9 Å². The van der Waals surface area contributed by atoms with Crippen molar-refractivity contribution in [3.63, 3.8) is 0 Å². The second-order valence-corrected chi connectivity index (χ2v) is 10.6. The number of amides is 1. The molecule has 0 spiro atoms. The molecule has 1 aliphatic rings. The van der Waals surface area contributed by atoms with Gasteiger partial charge in [0.05, 0.1) is 15.5 Å². The summed E-state index contributed by atoms with van der Waals surface area (Å²) in [4.78, 5) is 15.3. The van der Waals surface area contributed by atoms with Gasteiger partial charge in [-0.05, 0) is 54.8 Å². The van der Waals surface area contributed by atoms with Gasteiger partial charge in [0.25, 0.3) is 5.91 Å². The van der Waals surface area contributed by atoms with Crippen LogP contribution in [0.4, 0.5) is 11.4 Å². The molecular formula is C26H28ClN3O3S. The van der Waals surface area contributed by atoms with Crippen LogP contribution in [0.5, 0.6) is 0 Å². The fourth-order valence-corrected chi connectivity index (χ4v) is 5.85. The summed E-state index contributed by atoms with van der Waals surface area (Å²) in [6.07, 6.45) is 0.758. The van der Waals surface area contributed by atoms with Gasteiger partial charge in [-0.15, -0.1) is 0 Å². The minimum Gasteiger partial charge on any atom is -0.369 e. The zero-order chi connectivity index (χ0) is 24.3. The van der Waals surface area contributed by atoms with E-state index >= 15 is 0 Å². The predicted molar refractivity (Wildman–Crippen MR) is 137 cm³/mol. The van der Waals surface area contributed by atoms with E-state index < -0.39 is 15.9 Å². The summed E-state index contributed by atoms with van der Waals surface area (Å²) >= 11 is 6.32. The first-order chi connectivity index (χ1) is 16.3. The summed E-state index contributed by atoms with van der Waals surface area (Å²) < 4.78 is 28.2. The lowest BCUT2D eigenvalue weighted by atomic mass is 10.1. The van der Waals surface area contributed by atoms with Crippen molar-refractivity contribution >= 4 is 38.9 Å². The van der Waals surface area contributed by atoms with Crippen molar-refractivity contribution in [2.45, 2.75) is 25.2 Å². The second kappa shape index (κ2) is 10.2. The number of rotatable bonds is 6. The Hall–Kier alpha value is -2.87. The third-order valence-electron chi connectivity index (χ3n) is 6.16. The van der Waals surface area contributed by atoms with E-state index in [2.05, 4.69) is 10.2 Å². The minimum atomic E-state index is -3.77. The number of piperazine rings is 1. The van der Waals surface area contributed by atoms with Gasteiger partial charge < -0.3 is 10.2 Å². The third-order valence-corrected chi connectivity index (χ3v) is 8.38. The maximum absolute atomic E-state index is 13.4. The van der Waals surface area contributed by atoms with Crippen molar-refractivity contribution in [3.8, 4) is 0 Å². The summed E-state index contributed by atoms with van der Waals surface area (Å²) in [7, 11) is -3.77. The third kappa shape index (κ3) is 4.97. The molecule has 8 heteroatoms. The molecule has 0 aromatic heterocycles. The van der Waals surface area contributed by atoms with Crippen LogP contribution in [0.3, 0.4) is 0 Å². The van der Waals surface area contributed by atoms with E-state index in [0.717, 1.165) is 28.9 Å². The number of nitrogens with zero attached hydrogens (tertiary/aromatic N) is 2. The predicted octanol–water partition coefficient (Wildman–Crippen LogP) is 4.97. The number of sulfonamides is 1. The SMILES string of the molecule is CCc1cccc(C)c1NC(=O)c1cc(S(=O)(=O)N2CCN(c3ccccc3)CC2)ccc1Cl. The number of hydrogen-bond acceptors (Lipinski definition) is 4. The quantitative estimate of drug-likeness (QED) is 0.521. The maximum Gasteiger partial charge on any atom is 0.257 e. The van der Waals surface area contributed by atoms with Gasteiger partial charge in [0.2, 0.25) is 10.0 Å². The summed E-state index contributed by atoms with van der Waals surface area (Å²) in [5.41, 5.74) is 3.88. The van der Waals surface area contributed by atoms with Crippen LogP contribution < -0.4 is 10.2 Å². The highest BCUT2D eigenvalue weighted by Crippen LogP contribution is 2.27. The van der Waals surface area contributed by atoms with E-state index in [4.69, 9.17) is 11.6 Å². The molecule has 6 nitrogen and oxygen atoms in total. The van der Waals surface area contributed by atoms with Gasteiger partial charge in [-0.2, -0.15) is 4.31 Å². The Balaban J connectivity index is 1.54. The molecule has 0 aliphatic carbocycles. The van der Waals surface area contributed by atoms with Crippen LogP contribution >= 0.6 is 11.6 Å². The molecule has 1 N–H and O–H groups in total. The first-order valence-electron chi connectivity index (χ1n) is 11.3. The molecular weight excluding hydrogens is 470 g/mol. The van der Waals surface area contributed by atoms with Gasteiger partial charge in [0, 0.05) is 37.6 Å². The maximum atomic E-state index is 13.4. The highest BCUT2D eigenvalue weighted by Gasteiger charge is 2.29. The Labute approximate surface area is 206 Å². The first-order valence-corrected chi connectivity index (χ1v) is 13.1. The van der Waals surface area contributed by atoms with Crippen LogP contribution in [0, 0.1) is 6.92 Å². The van der Waals surface area contributed by atoms with E-state index in [1.54, 1.807) is 0 Å². The number of halogens is 1. The van der Waals surface area contributed by atoms with E-state index in [1.165, 1.54) is 22.5 Å². The van der Waals surface area contributed by atoms with Crippen molar-refractivity contribution in [3.05, 3.63) is 88.4 Å². The lowest BCUT2D eigenvalue weighted by molar-refractivity contribution is 0.102. The average Bonchev–Trinajstić information content (AvgIpc) is 2.86. The fraction of sp³-hybridized carbons (Fsp3) is 0.269. The summed E-state index contributed by atoms with van der Waals surface area (Å²) in [5, 5.41) is 3.14. The van der Waals surface area contributed by atoms with Gasteiger partial charge >= 0.3 is 0 Å². The fourth-order valence-electron chi connectivity index (χ4n) is 4.20. The second-order valence-electron chi connectivity index (χ2n) is 8.29. The monoisotopic (exact) mass is 497 g/mol. The van der Waals surface area contributed by atoms with Crippen LogP contribution in [-0.2, 0) is 16.4 Å². The number of carbonyl (C=O) groups excluding carboxylic acids is 1. The Bertz CT molecular complexity index is 1290. The molecule has 3 aromatic rings. The van der Waals surface area contributed by atoms with Crippen LogP contribution in [0.1, 0.15) is 28.4 Å². The molecule has 1 amide bonds. The molecule has 34 heavy (non-hydrogen) atoms. The molecule has 0 saturated carbocycles. The standard InChI is InChI=1S/C26H28ClN3O3S/c1-3-20-9-7-8-19(2)25(20)28-26(31)23-18-22(12-13-24(23)27)34(32,33)30-16-14-29(15-17-30)21-10-5-4-6-11-21/h4-13,18H,3,14-17H2,1-2H3,(H,28,31). The average molecular weight is 498 g/mol. The molecule has 0 bridgehead atoms. The van der Waals surface area contributed by atoms with E-state index in [1.807, 2.05) is 62.4 Å². The molecule has 1 heterocycles. The number of para-hydroxylation sites is 2. The Morgan fingerprint density at radius 1 is 0.971 bits per heavy atom. The molecule has 0 unspecified atom stereocenters. The first kappa shape index (κ1) is 24.3. The molecule has 0 atom stereocenters. The molecule has 0 radical (unpaired) electrons. The Morgan fingerprint density at radius 2 is 1.68 bits per heavy atom. The molecule has 1 saturated heterocycles. The number of carbonyl (C=O) groups is 1. The van der Waals surface area contributed by atoms with E-state index in [-0.39, 0.29) is 15.5 Å². The topological polar surface area (TPSA) is 69.7 Å². The summed E-state index contributed by atoms with van der Waals surface area (Å²) in [5.74, 6) is -0.431. The lowest BCUT2D eigenvalue weighted by Crippen LogP contribution is -2.48.